The van der Waals surface area contributed by atoms with Crippen molar-refractivity contribution in [3.63, 3.8) is 0 Å². The standard InChI is InChI=1S/C30H29FO9S2/c1-15(30(36)37)9-20(33)27-12-18-25(42-27)13-21(38-2)17(29(18)31)5-4-8-40-23-10-16-11-26(19(32)6-7-28(34)35)41-24(16)14-22(23)39-3/h10-15H,4-9H2,1-3H3,(H,34,35)(H,36,37). The van der Waals surface area contributed by atoms with Gasteiger partial charge in [0.15, 0.2) is 23.1 Å². The maximum Gasteiger partial charge on any atom is 0.306 e. The van der Waals surface area contributed by atoms with Crippen LogP contribution in [-0.2, 0) is 16.0 Å². The number of hydrogen-bond donors (Lipinski definition) is 2. The third-order valence-corrected chi connectivity index (χ3v) is 8.96. The zero-order valence-electron chi connectivity index (χ0n) is 23.2. The van der Waals surface area contributed by atoms with Gasteiger partial charge in [0.2, 0.25) is 0 Å². The molecule has 12 heteroatoms. The molecule has 1 unspecified atom stereocenters. The minimum absolute atomic E-state index is 0.0820. The number of rotatable bonds is 15. The van der Waals surface area contributed by atoms with Crippen LogP contribution in [0.3, 0.4) is 0 Å². The molecule has 0 amide bonds. The van der Waals surface area contributed by atoms with Crippen LogP contribution in [0.5, 0.6) is 17.2 Å². The number of carbonyl (C=O) groups excluding carboxylic acids is 2. The average Bonchev–Trinajstić information content (AvgIpc) is 3.58. The number of hydrogen-bond acceptors (Lipinski definition) is 9. The number of carboxylic acid groups (broad SMARTS) is 2. The molecule has 0 saturated heterocycles. The number of carboxylic acids is 2. The van der Waals surface area contributed by atoms with E-state index in [2.05, 4.69) is 0 Å². The van der Waals surface area contributed by atoms with E-state index in [9.17, 15) is 19.2 Å². The Morgan fingerprint density at radius 2 is 1.52 bits per heavy atom. The van der Waals surface area contributed by atoms with Crippen LogP contribution in [0, 0.1) is 11.7 Å². The molecule has 0 spiro atoms. The summed E-state index contributed by atoms with van der Waals surface area (Å²) in [6.45, 7) is 1.67. The molecular weight excluding hydrogens is 587 g/mol. The van der Waals surface area contributed by atoms with E-state index in [4.69, 9.17) is 24.4 Å². The molecule has 0 radical (unpaired) electrons. The molecule has 4 rings (SSSR count). The number of fused-ring (bicyclic) bond motifs is 2. The van der Waals surface area contributed by atoms with Crippen LogP contribution < -0.4 is 14.2 Å². The number of ether oxygens (including phenoxy) is 3. The lowest BCUT2D eigenvalue weighted by Gasteiger charge is -2.13. The SMILES string of the molecule is COc1cc2sc(C(=O)CCC(=O)O)cc2cc1OCCCc1c(OC)cc2sc(C(=O)CC(C)C(=O)O)cc2c1F. The monoisotopic (exact) mass is 616 g/mol. The van der Waals surface area contributed by atoms with E-state index in [0.29, 0.717) is 43.7 Å². The number of thiophene rings is 2. The van der Waals surface area contributed by atoms with Crippen molar-refractivity contribution in [1.82, 2.24) is 0 Å². The van der Waals surface area contributed by atoms with Gasteiger partial charge in [-0.15, -0.1) is 22.7 Å². The molecular formula is C30H29FO9S2. The molecule has 2 aromatic carbocycles. The van der Waals surface area contributed by atoms with Gasteiger partial charge in [-0.05, 0) is 42.5 Å². The summed E-state index contributed by atoms with van der Waals surface area (Å²) >= 11 is 2.36. The summed E-state index contributed by atoms with van der Waals surface area (Å²) in [7, 11) is 2.94. The van der Waals surface area contributed by atoms with Crippen molar-refractivity contribution in [3.05, 3.63) is 51.5 Å². The van der Waals surface area contributed by atoms with E-state index in [1.807, 2.05) is 0 Å². The number of halogens is 1. The van der Waals surface area contributed by atoms with Crippen LogP contribution in [0.25, 0.3) is 20.2 Å². The van der Waals surface area contributed by atoms with Gasteiger partial charge in [-0.25, -0.2) is 4.39 Å². The van der Waals surface area contributed by atoms with Crippen LogP contribution in [0.1, 0.15) is 57.5 Å². The fourth-order valence-electron chi connectivity index (χ4n) is 4.41. The summed E-state index contributed by atoms with van der Waals surface area (Å²) in [5, 5.41) is 19.0. The van der Waals surface area contributed by atoms with Crippen LogP contribution >= 0.6 is 22.7 Å². The van der Waals surface area contributed by atoms with Gasteiger partial charge in [-0.1, -0.05) is 6.92 Å². The Morgan fingerprint density at radius 3 is 2.19 bits per heavy atom. The first-order valence-electron chi connectivity index (χ1n) is 13.1. The number of benzene rings is 2. The molecule has 1 atom stereocenters. The van der Waals surface area contributed by atoms with Crippen molar-refractivity contribution in [1.29, 1.82) is 0 Å². The molecule has 4 aromatic rings. The predicted molar refractivity (Wildman–Crippen MR) is 157 cm³/mol. The summed E-state index contributed by atoms with van der Waals surface area (Å²) in [6, 6.07) is 8.36. The Balaban J connectivity index is 1.47. The smallest absolute Gasteiger partial charge is 0.306 e. The second kappa shape index (κ2) is 13.3. The fraction of sp³-hybridized carbons (Fsp3) is 0.333. The second-order valence-corrected chi connectivity index (χ2v) is 11.8. The number of Topliss-reactive ketones (excluding diaryl/α,β-unsaturated/α-hetero) is 2. The number of aliphatic carboxylic acids is 2. The van der Waals surface area contributed by atoms with Crippen molar-refractivity contribution in [2.45, 2.75) is 39.0 Å². The van der Waals surface area contributed by atoms with Crippen molar-refractivity contribution < 1.29 is 48.0 Å². The molecule has 0 aliphatic carbocycles. The van der Waals surface area contributed by atoms with Crippen molar-refractivity contribution in [3.8, 4) is 17.2 Å². The molecule has 9 nitrogen and oxygen atoms in total. The zero-order chi connectivity index (χ0) is 30.6. The highest BCUT2D eigenvalue weighted by Crippen LogP contribution is 2.38. The first-order valence-corrected chi connectivity index (χ1v) is 14.7. The van der Waals surface area contributed by atoms with Gasteiger partial charge in [0.25, 0.3) is 0 Å². The third kappa shape index (κ3) is 6.88. The van der Waals surface area contributed by atoms with Crippen LogP contribution in [0.4, 0.5) is 4.39 Å². The van der Waals surface area contributed by atoms with E-state index in [-0.39, 0.29) is 49.2 Å². The van der Waals surface area contributed by atoms with E-state index >= 15 is 4.39 Å². The van der Waals surface area contributed by atoms with Gasteiger partial charge in [-0.3, -0.25) is 19.2 Å². The fourth-order valence-corrected chi connectivity index (χ4v) is 6.49. The highest BCUT2D eigenvalue weighted by Gasteiger charge is 2.22. The topological polar surface area (TPSA) is 136 Å². The minimum Gasteiger partial charge on any atom is -0.496 e. The molecule has 2 aromatic heterocycles. The highest BCUT2D eigenvalue weighted by atomic mass is 32.1. The quantitative estimate of drug-likeness (QED) is 0.111. The molecule has 42 heavy (non-hydrogen) atoms. The molecule has 0 aliphatic rings. The van der Waals surface area contributed by atoms with Crippen LogP contribution in [-0.4, -0.2) is 54.5 Å². The lowest BCUT2D eigenvalue weighted by Crippen LogP contribution is -2.13. The molecule has 0 bridgehead atoms. The maximum atomic E-state index is 15.6. The van der Waals surface area contributed by atoms with Gasteiger partial charge in [0.05, 0.1) is 42.9 Å². The Hall–Kier alpha value is -4.03. The Morgan fingerprint density at radius 1 is 0.857 bits per heavy atom. The number of methoxy groups -OCH3 is 2. The van der Waals surface area contributed by atoms with Crippen LogP contribution in [0.15, 0.2) is 30.3 Å². The first kappa shape index (κ1) is 30.9. The lowest BCUT2D eigenvalue weighted by molar-refractivity contribution is -0.141. The number of carbonyl (C=O) groups is 4. The Kier molecular flexibility index (Phi) is 9.79. The maximum absolute atomic E-state index is 15.6. The molecule has 0 aliphatic heterocycles. The first-order chi connectivity index (χ1) is 20.0. The van der Waals surface area contributed by atoms with Gasteiger partial charge in [0, 0.05) is 39.3 Å². The summed E-state index contributed by atoms with van der Waals surface area (Å²) in [5.74, 6) is -2.78. The Bertz CT molecular complexity index is 1670. The van der Waals surface area contributed by atoms with E-state index in [1.54, 1.807) is 24.3 Å². The second-order valence-electron chi connectivity index (χ2n) is 9.68. The van der Waals surface area contributed by atoms with E-state index in [1.165, 1.54) is 38.5 Å². The molecule has 0 fully saturated rings. The predicted octanol–water partition coefficient (Wildman–Crippen LogP) is 6.62. The number of ketones is 2. The van der Waals surface area contributed by atoms with Crippen molar-refractivity contribution in [2.24, 2.45) is 5.92 Å². The molecule has 2 heterocycles. The summed E-state index contributed by atoms with van der Waals surface area (Å²) in [6.07, 6.45) is 0.219. The molecule has 2 N–H and O–H groups in total. The summed E-state index contributed by atoms with van der Waals surface area (Å²) in [5.41, 5.74) is 0.342. The van der Waals surface area contributed by atoms with Gasteiger partial charge in [-0.2, -0.15) is 0 Å². The average molecular weight is 617 g/mol. The minimum atomic E-state index is -1.07. The van der Waals surface area contributed by atoms with Gasteiger partial charge in [0.1, 0.15) is 11.6 Å². The van der Waals surface area contributed by atoms with E-state index in [0.717, 1.165) is 21.4 Å². The third-order valence-electron chi connectivity index (χ3n) is 6.70. The van der Waals surface area contributed by atoms with Crippen LogP contribution in [0.2, 0.25) is 0 Å². The normalized spacial score (nSPS) is 11.9. The van der Waals surface area contributed by atoms with Gasteiger partial charge >= 0.3 is 11.9 Å². The summed E-state index contributed by atoms with van der Waals surface area (Å²) < 4.78 is 33.8. The largest absolute Gasteiger partial charge is 0.496 e. The molecule has 0 saturated carbocycles. The summed E-state index contributed by atoms with van der Waals surface area (Å²) in [4.78, 5) is 47.6. The van der Waals surface area contributed by atoms with E-state index < -0.39 is 23.7 Å². The van der Waals surface area contributed by atoms with Crippen molar-refractivity contribution >= 4 is 66.4 Å². The van der Waals surface area contributed by atoms with Gasteiger partial charge < -0.3 is 24.4 Å². The van der Waals surface area contributed by atoms with Crippen molar-refractivity contribution in [2.75, 3.05) is 20.8 Å². The Labute approximate surface area is 248 Å². The molecule has 222 valence electrons. The zero-order valence-corrected chi connectivity index (χ0v) is 24.8. The lowest BCUT2D eigenvalue weighted by atomic mass is 10.0. The highest BCUT2D eigenvalue weighted by molar-refractivity contribution is 7.21.